The van der Waals surface area contributed by atoms with E-state index in [0.29, 0.717) is 13.1 Å². The number of amides is 2. The van der Waals surface area contributed by atoms with E-state index in [-0.39, 0.29) is 18.0 Å². The molecule has 2 aliphatic heterocycles. The van der Waals surface area contributed by atoms with Crippen LogP contribution in [0.3, 0.4) is 0 Å². The van der Waals surface area contributed by atoms with E-state index in [2.05, 4.69) is 15.8 Å². The Morgan fingerprint density at radius 2 is 2.22 bits per heavy atom. The highest BCUT2D eigenvalue weighted by Crippen LogP contribution is 2.33. The molecule has 1 aromatic rings. The topological polar surface area (TPSA) is 83.3 Å². The van der Waals surface area contributed by atoms with Crippen molar-refractivity contribution in [3.05, 3.63) is 41.9 Å². The van der Waals surface area contributed by atoms with Gasteiger partial charge in [0.25, 0.3) is 0 Å². The van der Waals surface area contributed by atoms with E-state index in [0.717, 1.165) is 11.3 Å². The lowest BCUT2D eigenvalue weighted by Crippen LogP contribution is -2.43. The lowest BCUT2D eigenvalue weighted by atomic mass is 9.90. The molecule has 2 aliphatic rings. The molecule has 3 rings (SSSR count). The van der Waals surface area contributed by atoms with Gasteiger partial charge in [0.1, 0.15) is 0 Å². The first-order valence-corrected chi connectivity index (χ1v) is 5.91. The second kappa shape index (κ2) is 4.30. The first kappa shape index (κ1) is 11.0. The number of hydrogen-bond donors (Lipinski definition) is 3. The summed E-state index contributed by atoms with van der Waals surface area (Å²) in [5.41, 5.74) is 14.1. The number of nitrogens with two attached hydrogens (primary N) is 1. The van der Waals surface area contributed by atoms with Gasteiger partial charge in [-0.3, -0.25) is 4.98 Å². The van der Waals surface area contributed by atoms with E-state index < -0.39 is 0 Å². The molecule has 2 atom stereocenters. The maximum Gasteiger partial charge on any atom is 0.315 e. The van der Waals surface area contributed by atoms with Gasteiger partial charge >= 0.3 is 6.03 Å². The molecule has 94 valence electrons. The van der Waals surface area contributed by atoms with Crippen LogP contribution in [-0.2, 0) is 0 Å². The Bertz CT molecular complexity index is 487. The van der Waals surface area contributed by atoms with Gasteiger partial charge in [-0.1, -0.05) is 0 Å². The minimum Gasteiger partial charge on any atom is -0.351 e. The van der Waals surface area contributed by atoms with E-state index >= 15 is 0 Å². The van der Waals surface area contributed by atoms with E-state index in [9.17, 15) is 4.79 Å². The highest BCUT2D eigenvalue weighted by molar-refractivity contribution is 5.72. The number of pyridine rings is 1. The zero-order chi connectivity index (χ0) is 12.5. The summed E-state index contributed by atoms with van der Waals surface area (Å²) in [5, 5.41) is 0. The number of carbonyl (C=O) groups is 1. The molecule has 0 spiro atoms. The van der Waals surface area contributed by atoms with Gasteiger partial charge in [-0.15, -0.1) is 0 Å². The van der Waals surface area contributed by atoms with Crippen LogP contribution in [0.15, 0.2) is 36.3 Å². The number of hydrogen-bond acceptors (Lipinski definition) is 4. The largest absolute Gasteiger partial charge is 0.351 e. The van der Waals surface area contributed by atoms with Crippen LogP contribution in [0.25, 0.3) is 0 Å². The Balaban J connectivity index is 1.85. The lowest BCUT2D eigenvalue weighted by molar-refractivity contribution is 0.200. The minimum atomic E-state index is -0.370. The van der Waals surface area contributed by atoms with Gasteiger partial charge in [0.05, 0.1) is 6.04 Å². The number of fused-ring (bicyclic) bond motifs is 1. The summed E-state index contributed by atoms with van der Waals surface area (Å²) in [5.74, 6) is 0.216. The average Bonchev–Trinajstić information content (AvgIpc) is 2.82. The first-order chi connectivity index (χ1) is 8.75. The van der Waals surface area contributed by atoms with Gasteiger partial charge in [-0.05, 0) is 23.8 Å². The zero-order valence-electron chi connectivity index (χ0n) is 9.84. The first-order valence-electron chi connectivity index (χ1n) is 5.91. The second-order valence-electron chi connectivity index (χ2n) is 4.54. The summed E-state index contributed by atoms with van der Waals surface area (Å²) in [6.07, 6.45) is 5.55. The molecule has 0 radical (unpaired) electrons. The van der Waals surface area contributed by atoms with Crippen molar-refractivity contribution in [1.82, 2.24) is 20.7 Å². The highest BCUT2D eigenvalue weighted by Gasteiger charge is 2.36. The number of aromatic nitrogens is 1. The summed E-state index contributed by atoms with van der Waals surface area (Å²) < 4.78 is 0. The maximum absolute atomic E-state index is 11.3. The quantitative estimate of drug-likeness (QED) is 0.656. The van der Waals surface area contributed by atoms with E-state index in [1.54, 1.807) is 17.3 Å². The van der Waals surface area contributed by atoms with Gasteiger partial charge in [-0.25, -0.2) is 10.2 Å². The zero-order valence-corrected chi connectivity index (χ0v) is 9.84. The molecule has 18 heavy (non-hydrogen) atoms. The Morgan fingerprint density at radius 3 is 2.94 bits per heavy atom. The molecule has 1 aromatic heterocycles. The second-order valence-corrected chi connectivity index (χ2v) is 4.54. The van der Waals surface area contributed by atoms with E-state index in [4.69, 9.17) is 5.73 Å². The van der Waals surface area contributed by atoms with E-state index in [1.165, 1.54) is 0 Å². The third-order valence-electron chi connectivity index (χ3n) is 3.50. The van der Waals surface area contributed by atoms with Crippen molar-refractivity contribution < 1.29 is 4.79 Å². The van der Waals surface area contributed by atoms with Crippen molar-refractivity contribution >= 4 is 6.03 Å². The molecule has 1 fully saturated rings. The van der Waals surface area contributed by atoms with Crippen LogP contribution < -0.4 is 16.6 Å². The van der Waals surface area contributed by atoms with Crippen LogP contribution in [-0.4, -0.2) is 29.0 Å². The number of urea groups is 1. The van der Waals surface area contributed by atoms with Crippen molar-refractivity contribution in [2.24, 2.45) is 11.7 Å². The van der Waals surface area contributed by atoms with Crippen LogP contribution in [0.4, 0.5) is 4.79 Å². The van der Waals surface area contributed by atoms with Gasteiger partial charge in [0, 0.05) is 37.1 Å². The standard InChI is InChI=1S/C12H15N5O/c13-12(18)17-6-3-10-9(7-17)11(16-15-10)8-1-4-14-5-2-8/h1-5,9,11,15-16H,6-7H2,(H2,13,18). The van der Waals surface area contributed by atoms with Crippen molar-refractivity contribution in [3.63, 3.8) is 0 Å². The smallest absolute Gasteiger partial charge is 0.315 e. The Hall–Kier alpha value is -2.08. The number of rotatable bonds is 1. The summed E-state index contributed by atoms with van der Waals surface area (Å²) in [4.78, 5) is 16.9. The Morgan fingerprint density at radius 1 is 1.44 bits per heavy atom. The molecule has 0 bridgehead atoms. The molecular formula is C12H15N5O. The molecule has 0 aliphatic carbocycles. The fourth-order valence-electron chi connectivity index (χ4n) is 2.53. The SMILES string of the molecule is NC(=O)N1CC=C2NNC(c3ccncc3)C2C1. The van der Waals surface area contributed by atoms with Gasteiger partial charge < -0.3 is 16.1 Å². The summed E-state index contributed by atoms with van der Waals surface area (Å²) in [6, 6.07) is 3.73. The maximum atomic E-state index is 11.3. The predicted molar refractivity (Wildman–Crippen MR) is 66.0 cm³/mol. The molecule has 6 heteroatoms. The number of nitrogens with zero attached hydrogens (tertiary/aromatic N) is 2. The van der Waals surface area contributed by atoms with Crippen LogP contribution in [0.5, 0.6) is 0 Å². The average molecular weight is 245 g/mol. The molecular weight excluding hydrogens is 230 g/mol. The summed E-state index contributed by atoms with van der Waals surface area (Å²) in [6.45, 7) is 1.20. The number of primary amides is 1. The third-order valence-corrected chi connectivity index (χ3v) is 3.50. The predicted octanol–water partition coefficient (Wildman–Crippen LogP) is 0.125. The summed E-state index contributed by atoms with van der Waals surface area (Å²) in [7, 11) is 0. The van der Waals surface area contributed by atoms with Crippen molar-refractivity contribution in [2.75, 3.05) is 13.1 Å². The fraction of sp³-hybridized carbons (Fsp3) is 0.333. The molecule has 3 heterocycles. The van der Waals surface area contributed by atoms with Gasteiger partial charge in [-0.2, -0.15) is 0 Å². The Kier molecular flexibility index (Phi) is 2.64. The third kappa shape index (κ3) is 1.80. The monoisotopic (exact) mass is 245 g/mol. The van der Waals surface area contributed by atoms with Crippen LogP contribution in [0.2, 0.25) is 0 Å². The van der Waals surface area contributed by atoms with Crippen LogP contribution in [0.1, 0.15) is 11.6 Å². The summed E-state index contributed by atoms with van der Waals surface area (Å²) >= 11 is 0. The number of hydrazine groups is 1. The molecule has 2 amide bonds. The normalized spacial score (nSPS) is 26.2. The van der Waals surface area contributed by atoms with Gasteiger partial charge in [0.15, 0.2) is 0 Å². The van der Waals surface area contributed by atoms with Crippen LogP contribution in [0, 0.1) is 5.92 Å². The van der Waals surface area contributed by atoms with Gasteiger partial charge in [0.2, 0.25) is 0 Å². The molecule has 0 aromatic carbocycles. The van der Waals surface area contributed by atoms with Crippen LogP contribution >= 0.6 is 0 Å². The fourth-order valence-corrected chi connectivity index (χ4v) is 2.53. The van der Waals surface area contributed by atoms with Crippen molar-refractivity contribution in [1.29, 1.82) is 0 Å². The molecule has 6 nitrogen and oxygen atoms in total. The molecule has 2 unspecified atom stereocenters. The van der Waals surface area contributed by atoms with Crippen molar-refractivity contribution in [3.8, 4) is 0 Å². The Labute approximate surface area is 105 Å². The van der Waals surface area contributed by atoms with E-state index in [1.807, 2.05) is 18.2 Å². The number of carbonyl (C=O) groups excluding carboxylic acids is 1. The number of nitrogens with one attached hydrogen (secondary N) is 2. The van der Waals surface area contributed by atoms with Crippen molar-refractivity contribution in [2.45, 2.75) is 6.04 Å². The molecule has 1 saturated heterocycles. The molecule has 0 saturated carbocycles. The molecule has 4 N–H and O–H groups in total. The lowest BCUT2D eigenvalue weighted by Gasteiger charge is -2.29. The minimum absolute atomic E-state index is 0.140. The highest BCUT2D eigenvalue weighted by atomic mass is 16.2.